The van der Waals surface area contributed by atoms with Gasteiger partial charge in [0.1, 0.15) is 0 Å². The van der Waals surface area contributed by atoms with Gasteiger partial charge in [0, 0.05) is 25.3 Å². The quantitative estimate of drug-likeness (QED) is 0.314. The van der Waals surface area contributed by atoms with Gasteiger partial charge in [-0.25, -0.2) is 0 Å². The zero-order valence-corrected chi connectivity index (χ0v) is 20.5. The van der Waals surface area contributed by atoms with Gasteiger partial charge < -0.3 is 25.0 Å². The molecule has 2 aromatic rings. The summed E-state index contributed by atoms with van der Waals surface area (Å²) in [6.07, 6.45) is 0. The third-order valence-corrected chi connectivity index (χ3v) is 4.50. The molecule has 29 heavy (non-hydrogen) atoms. The van der Waals surface area contributed by atoms with Gasteiger partial charge in [-0.3, -0.25) is 4.99 Å². The molecule has 0 aliphatic rings. The maximum absolute atomic E-state index is 5.57. The van der Waals surface area contributed by atoms with Crippen molar-refractivity contribution in [3.63, 3.8) is 0 Å². The highest BCUT2D eigenvalue weighted by atomic mass is 127. The highest BCUT2D eigenvalue weighted by molar-refractivity contribution is 14.0. The van der Waals surface area contributed by atoms with E-state index < -0.39 is 0 Å². The number of nitrogens with one attached hydrogen (secondary N) is 2. The van der Waals surface area contributed by atoms with Gasteiger partial charge in [0.05, 0.1) is 19.8 Å². The minimum atomic E-state index is 0. The number of aryl methyl sites for hydroxylation is 1. The number of nitrogens with zero attached hydrogens (tertiary/aromatic N) is 2. The number of hydrogen-bond acceptors (Lipinski definition) is 4. The van der Waals surface area contributed by atoms with Gasteiger partial charge in [0.25, 0.3) is 0 Å². The van der Waals surface area contributed by atoms with Crippen molar-refractivity contribution in [2.24, 2.45) is 4.99 Å². The highest BCUT2D eigenvalue weighted by Crippen LogP contribution is 2.30. The van der Waals surface area contributed by atoms with Gasteiger partial charge in [0.15, 0.2) is 17.5 Å². The first kappa shape index (κ1) is 25.0. The highest BCUT2D eigenvalue weighted by Gasteiger charge is 2.15. The van der Waals surface area contributed by atoms with Crippen LogP contribution in [0.25, 0.3) is 0 Å². The SMILES string of the molecule is CCOc1ccc(NC(=NC)NCC(c2ccc(C)cc2)N(C)C)cc1OC.I. The van der Waals surface area contributed by atoms with Crippen LogP contribution in [0.2, 0.25) is 0 Å². The fourth-order valence-corrected chi connectivity index (χ4v) is 2.92. The third kappa shape index (κ3) is 7.40. The smallest absolute Gasteiger partial charge is 0.195 e. The molecule has 0 aliphatic carbocycles. The van der Waals surface area contributed by atoms with Crippen molar-refractivity contribution >= 4 is 35.6 Å². The zero-order valence-electron chi connectivity index (χ0n) is 18.2. The molecule has 0 radical (unpaired) electrons. The Morgan fingerprint density at radius 2 is 1.79 bits per heavy atom. The number of methoxy groups -OCH3 is 1. The molecule has 0 aromatic heterocycles. The Balaban J connectivity index is 0.00000420. The second-order valence-electron chi connectivity index (χ2n) is 6.77. The van der Waals surface area contributed by atoms with Crippen LogP contribution in [0.5, 0.6) is 11.5 Å². The van der Waals surface area contributed by atoms with Gasteiger partial charge in [-0.05, 0) is 45.6 Å². The molecule has 0 saturated heterocycles. The predicted octanol–water partition coefficient (Wildman–Crippen LogP) is 4.31. The summed E-state index contributed by atoms with van der Waals surface area (Å²) in [7, 11) is 7.56. The standard InChI is InChI=1S/C22H32N4O2.HI/c1-7-28-20-13-12-18(14-21(20)27-6)25-22(23-3)24-15-19(26(4)5)17-10-8-16(2)9-11-17;/h8-14,19H,7,15H2,1-6H3,(H2,23,24,25);1H. The van der Waals surface area contributed by atoms with Gasteiger partial charge in [0.2, 0.25) is 0 Å². The van der Waals surface area contributed by atoms with E-state index in [1.165, 1.54) is 11.1 Å². The van der Waals surface area contributed by atoms with Gasteiger partial charge in [-0.15, -0.1) is 24.0 Å². The van der Waals surface area contributed by atoms with Crippen molar-refractivity contribution in [1.82, 2.24) is 10.2 Å². The van der Waals surface area contributed by atoms with E-state index in [2.05, 4.69) is 65.8 Å². The molecule has 2 rings (SSSR count). The average molecular weight is 512 g/mol. The largest absolute Gasteiger partial charge is 0.493 e. The van der Waals surface area contributed by atoms with E-state index in [0.29, 0.717) is 18.3 Å². The lowest BCUT2D eigenvalue weighted by molar-refractivity contribution is 0.298. The van der Waals surface area contributed by atoms with E-state index in [1.54, 1.807) is 14.2 Å². The summed E-state index contributed by atoms with van der Waals surface area (Å²) in [5.74, 6) is 2.11. The molecule has 0 aliphatic heterocycles. The lowest BCUT2D eigenvalue weighted by Gasteiger charge is -2.26. The van der Waals surface area contributed by atoms with Crippen LogP contribution in [0.3, 0.4) is 0 Å². The van der Waals surface area contributed by atoms with Crippen LogP contribution in [0.4, 0.5) is 5.69 Å². The molecule has 0 spiro atoms. The Morgan fingerprint density at radius 1 is 1.10 bits per heavy atom. The molecular formula is C22H33IN4O2. The van der Waals surface area contributed by atoms with E-state index in [-0.39, 0.29) is 30.0 Å². The van der Waals surface area contributed by atoms with E-state index in [4.69, 9.17) is 9.47 Å². The van der Waals surface area contributed by atoms with Crippen LogP contribution < -0.4 is 20.1 Å². The van der Waals surface area contributed by atoms with E-state index in [0.717, 1.165) is 18.0 Å². The normalized spacial score (nSPS) is 12.2. The minimum Gasteiger partial charge on any atom is -0.493 e. The first-order valence-corrected chi connectivity index (χ1v) is 9.50. The van der Waals surface area contributed by atoms with Crippen LogP contribution in [-0.4, -0.2) is 52.3 Å². The monoisotopic (exact) mass is 512 g/mol. The van der Waals surface area contributed by atoms with E-state index in [9.17, 15) is 0 Å². The van der Waals surface area contributed by atoms with Crippen molar-refractivity contribution < 1.29 is 9.47 Å². The number of likely N-dealkylation sites (N-methyl/N-ethyl adjacent to an activating group) is 1. The molecule has 2 aromatic carbocycles. The first-order chi connectivity index (χ1) is 13.5. The molecule has 0 fully saturated rings. The summed E-state index contributed by atoms with van der Waals surface area (Å²) >= 11 is 0. The Kier molecular flexibility index (Phi) is 10.8. The number of ether oxygens (including phenoxy) is 2. The maximum Gasteiger partial charge on any atom is 0.195 e. The topological polar surface area (TPSA) is 58.1 Å². The van der Waals surface area contributed by atoms with Crippen molar-refractivity contribution in [3.05, 3.63) is 53.6 Å². The predicted molar refractivity (Wildman–Crippen MR) is 132 cm³/mol. The zero-order chi connectivity index (χ0) is 20.5. The molecular weight excluding hydrogens is 479 g/mol. The van der Waals surface area contributed by atoms with E-state index in [1.807, 2.05) is 25.1 Å². The molecule has 160 valence electrons. The first-order valence-electron chi connectivity index (χ1n) is 9.50. The molecule has 0 amide bonds. The average Bonchev–Trinajstić information content (AvgIpc) is 2.69. The molecule has 1 atom stereocenters. The van der Waals surface area contributed by atoms with Gasteiger partial charge >= 0.3 is 0 Å². The number of halogens is 1. The summed E-state index contributed by atoms with van der Waals surface area (Å²) in [4.78, 5) is 6.54. The Bertz CT molecular complexity index is 779. The van der Waals surface area contributed by atoms with Crippen LogP contribution in [0.15, 0.2) is 47.5 Å². The summed E-state index contributed by atoms with van der Waals surface area (Å²) < 4.78 is 11.0. The molecule has 0 bridgehead atoms. The molecule has 2 N–H and O–H groups in total. The number of guanidine groups is 1. The minimum absolute atomic E-state index is 0. The van der Waals surface area contributed by atoms with Crippen molar-refractivity contribution in [3.8, 4) is 11.5 Å². The summed E-state index contributed by atoms with van der Waals surface area (Å²) in [5, 5.41) is 6.73. The molecule has 7 heteroatoms. The molecule has 0 saturated carbocycles. The number of benzene rings is 2. The van der Waals surface area contributed by atoms with Gasteiger partial charge in [-0.1, -0.05) is 29.8 Å². The van der Waals surface area contributed by atoms with Crippen LogP contribution in [-0.2, 0) is 0 Å². The van der Waals surface area contributed by atoms with Crippen LogP contribution >= 0.6 is 24.0 Å². The second kappa shape index (κ2) is 12.5. The number of rotatable bonds is 8. The Labute approximate surface area is 191 Å². The van der Waals surface area contributed by atoms with Crippen LogP contribution in [0, 0.1) is 6.92 Å². The van der Waals surface area contributed by atoms with E-state index >= 15 is 0 Å². The molecule has 1 unspecified atom stereocenters. The number of aliphatic imine (C=N–C) groups is 1. The second-order valence-corrected chi connectivity index (χ2v) is 6.77. The molecule has 0 heterocycles. The third-order valence-electron chi connectivity index (χ3n) is 4.50. The van der Waals surface area contributed by atoms with Crippen LogP contribution in [0.1, 0.15) is 24.1 Å². The van der Waals surface area contributed by atoms with Crippen molar-refractivity contribution in [2.45, 2.75) is 19.9 Å². The van der Waals surface area contributed by atoms with Crippen molar-refractivity contribution in [1.29, 1.82) is 0 Å². The lowest BCUT2D eigenvalue weighted by atomic mass is 10.0. The summed E-state index contributed by atoms with van der Waals surface area (Å²) in [6.45, 7) is 5.37. The lowest BCUT2D eigenvalue weighted by Crippen LogP contribution is -2.38. The Hall–Kier alpha value is -2.00. The number of anilines is 1. The summed E-state index contributed by atoms with van der Waals surface area (Å²) in [6, 6.07) is 14.6. The fourth-order valence-electron chi connectivity index (χ4n) is 2.92. The van der Waals surface area contributed by atoms with Crippen molar-refractivity contribution in [2.75, 3.05) is 46.7 Å². The maximum atomic E-state index is 5.57. The number of hydrogen-bond donors (Lipinski definition) is 2. The Morgan fingerprint density at radius 3 is 2.34 bits per heavy atom. The summed E-state index contributed by atoms with van der Waals surface area (Å²) in [5.41, 5.74) is 3.41. The molecule has 6 nitrogen and oxygen atoms in total. The fraction of sp³-hybridized carbons (Fsp3) is 0.409. The van der Waals surface area contributed by atoms with Gasteiger partial charge in [-0.2, -0.15) is 0 Å².